The molecule has 4 heteroatoms. The highest BCUT2D eigenvalue weighted by Gasteiger charge is 2.22. The van der Waals surface area contributed by atoms with E-state index < -0.39 is 0 Å². The molecule has 1 fully saturated rings. The average molecular weight is 227 g/mol. The van der Waals surface area contributed by atoms with Crippen molar-refractivity contribution in [2.75, 3.05) is 39.3 Å². The molecule has 0 bridgehead atoms. The molecule has 0 spiro atoms. The molecule has 0 aromatic carbocycles. The summed E-state index contributed by atoms with van der Waals surface area (Å²) in [7, 11) is 0. The molecule has 1 aliphatic heterocycles. The van der Waals surface area contributed by atoms with E-state index in [-0.39, 0.29) is 5.91 Å². The van der Waals surface area contributed by atoms with Gasteiger partial charge in [-0.15, -0.1) is 0 Å². The highest BCUT2D eigenvalue weighted by Crippen LogP contribution is 2.08. The summed E-state index contributed by atoms with van der Waals surface area (Å²) in [5, 5.41) is 3.09. The lowest BCUT2D eigenvalue weighted by Gasteiger charge is -2.37. The lowest BCUT2D eigenvalue weighted by molar-refractivity contribution is -0.132. The third kappa shape index (κ3) is 3.76. The molecule has 1 saturated heterocycles. The Morgan fingerprint density at radius 1 is 1.25 bits per heavy atom. The van der Waals surface area contributed by atoms with E-state index in [1.54, 1.807) is 0 Å². The number of likely N-dealkylation sites (N-methyl/N-ethyl adjacent to an activating group) is 1. The summed E-state index contributed by atoms with van der Waals surface area (Å²) in [6, 6.07) is 0.644. The second-order valence-electron chi connectivity index (χ2n) is 4.45. The maximum atomic E-state index is 11.7. The maximum absolute atomic E-state index is 11.7. The fraction of sp³-hybridized carbons (Fsp3) is 0.917. The van der Waals surface area contributed by atoms with Crippen LogP contribution in [0.1, 0.15) is 27.2 Å². The fourth-order valence-electron chi connectivity index (χ4n) is 2.01. The Hall–Kier alpha value is -0.610. The number of amides is 1. The van der Waals surface area contributed by atoms with Crippen molar-refractivity contribution in [3.8, 4) is 0 Å². The van der Waals surface area contributed by atoms with Crippen molar-refractivity contribution >= 4 is 5.91 Å². The van der Waals surface area contributed by atoms with Crippen LogP contribution in [0.25, 0.3) is 0 Å². The molecule has 0 aromatic rings. The molecule has 1 rings (SSSR count). The molecule has 16 heavy (non-hydrogen) atoms. The molecule has 0 radical (unpaired) electrons. The van der Waals surface area contributed by atoms with Crippen LogP contribution in [0, 0.1) is 0 Å². The third-order valence-corrected chi connectivity index (χ3v) is 3.41. The van der Waals surface area contributed by atoms with Crippen molar-refractivity contribution in [1.29, 1.82) is 0 Å². The second kappa shape index (κ2) is 6.86. The zero-order valence-corrected chi connectivity index (χ0v) is 10.8. The highest BCUT2D eigenvalue weighted by atomic mass is 16.2. The van der Waals surface area contributed by atoms with Gasteiger partial charge in [0.25, 0.3) is 0 Å². The second-order valence-corrected chi connectivity index (χ2v) is 4.45. The van der Waals surface area contributed by atoms with Gasteiger partial charge in [-0.2, -0.15) is 0 Å². The van der Waals surface area contributed by atoms with Gasteiger partial charge in [-0.25, -0.2) is 0 Å². The molecular weight excluding hydrogens is 202 g/mol. The largest absolute Gasteiger partial charge is 0.339 e. The Balaban J connectivity index is 2.28. The van der Waals surface area contributed by atoms with Gasteiger partial charge in [0, 0.05) is 32.2 Å². The van der Waals surface area contributed by atoms with Crippen molar-refractivity contribution in [3.05, 3.63) is 0 Å². The van der Waals surface area contributed by atoms with Crippen LogP contribution in [-0.4, -0.2) is 61.0 Å². The number of piperazine rings is 1. The molecule has 1 amide bonds. The van der Waals surface area contributed by atoms with Gasteiger partial charge in [-0.3, -0.25) is 9.69 Å². The van der Waals surface area contributed by atoms with E-state index in [9.17, 15) is 4.79 Å². The average Bonchev–Trinajstić information content (AvgIpc) is 2.35. The smallest absolute Gasteiger partial charge is 0.236 e. The van der Waals surface area contributed by atoms with Gasteiger partial charge < -0.3 is 10.2 Å². The monoisotopic (exact) mass is 227 g/mol. The van der Waals surface area contributed by atoms with Crippen LogP contribution in [0.3, 0.4) is 0 Å². The molecule has 94 valence electrons. The number of nitrogens with zero attached hydrogens (tertiary/aromatic N) is 2. The molecule has 4 nitrogen and oxygen atoms in total. The van der Waals surface area contributed by atoms with E-state index in [1.165, 1.54) is 6.42 Å². The zero-order valence-electron chi connectivity index (χ0n) is 10.8. The first kappa shape index (κ1) is 13.5. The molecule has 0 aliphatic carbocycles. The molecule has 0 aromatic heterocycles. The number of carbonyl (C=O) groups is 1. The molecule has 1 heterocycles. The lowest BCUT2D eigenvalue weighted by Crippen LogP contribution is -2.52. The Morgan fingerprint density at radius 3 is 2.38 bits per heavy atom. The predicted molar refractivity (Wildman–Crippen MR) is 66.4 cm³/mol. The van der Waals surface area contributed by atoms with Crippen molar-refractivity contribution in [1.82, 2.24) is 15.1 Å². The quantitative estimate of drug-likeness (QED) is 0.744. The maximum Gasteiger partial charge on any atom is 0.236 e. The van der Waals surface area contributed by atoms with Crippen LogP contribution >= 0.6 is 0 Å². The van der Waals surface area contributed by atoms with Gasteiger partial charge in [0.15, 0.2) is 0 Å². The van der Waals surface area contributed by atoms with Crippen LogP contribution in [0.15, 0.2) is 0 Å². The van der Waals surface area contributed by atoms with Gasteiger partial charge >= 0.3 is 0 Å². The summed E-state index contributed by atoms with van der Waals surface area (Å²) in [6.45, 7) is 11.7. The van der Waals surface area contributed by atoms with Crippen molar-refractivity contribution in [3.63, 3.8) is 0 Å². The summed E-state index contributed by atoms with van der Waals surface area (Å²) in [5.41, 5.74) is 0. The SMILES string of the molecule is CCNCC(=O)N1CCN(C(C)CC)CC1. The molecular formula is C12H25N3O. The normalized spacial score (nSPS) is 19.8. The number of nitrogens with one attached hydrogen (secondary N) is 1. The van der Waals surface area contributed by atoms with Crippen LogP contribution in [-0.2, 0) is 4.79 Å². The first-order valence-corrected chi connectivity index (χ1v) is 6.41. The summed E-state index contributed by atoms with van der Waals surface area (Å²) in [5.74, 6) is 0.241. The Labute approximate surface area is 99.0 Å². The zero-order chi connectivity index (χ0) is 12.0. The number of carbonyl (C=O) groups excluding carboxylic acids is 1. The van der Waals surface area contributed by atoms with Crippen molar-refractivity contribution in [2.24, 2.45) is 0 Å². The lowest BCUT2D eigenvalue weighted by atomic mass is 10.2. The van der Waals surface area contributed by atoms with E-state index in [0.717, 1.165) is 32.7 Å². The highest BCUT2D eigenvalue weighted by molar-refractivity contribution is 5.78. The molecule has 0 saturated carbocycles. The fourth-order valence-corrected chi connectivity index (χ4v) is 2.01. The summed E-state index contributed by atoms with van der Waals surface area (Å²) in [4.78, 5) is 16.2. The Morgan fingerprint density at radius 2 is 1.88 bits per heavy atom. The Kier molecular flexibility index (Phi) is 5.77. The van der Waals surface area contributed by atoms with E-state index in [4.69, 9.17) is 0 Å². The van der Waals surface area contributed by atoms with Crippen LogP contribution in [0.5, 0.6) is 0 Å². The van der Waals surface area contributed by atoms with Crippen LogP contribution in [0.4, 0.5) is 0 Å². The van der Waals surface area contributed by atoms with E-state index in [0.29, 0.717) is 12.6 Å². The Bertz CT molecular complexity index is 212. The van der Waals surface area contributed by atoms with Crippen LogP contribution < -0.4 is 5.32 Å². The molecule has 1 aliphatic rings. The number of hydrogen-bond acceptors (Lipinski definition) is 3. The number of rotatable bonds is 5. The molecule has 1 unspecified atom stereocenters. The van der Waals surface area contributed by atoms with Crippen molar-refractivity contribution in [2.45, 2.75) is 33.2 Å². The van der Waals surface area contributed by atoms with E-state index in [2.05, 4.69) is 24.1 Å². The van der Waals surface area contributed by atoms with Gasteiger partial charge in [-0.1, -0.05) is 13.8 Å². The van der Waals surface area contributed by atoms with Gasteiger partial charge in [0.1, 0.15) is 0 Å². The van der Waals surface area contributed by atoms with Gasteiger partial charge in [-0.05, 0) is 19.9 Å². The summed E-state index contributed by atoms with van der Waals surface area (Å²) in [6.07, 6.45) is 1.19. The van der Waals surface area contributed by atoms with Crippen LogP contribution in [0.2, 0.25) is 0 Å². The summed E-state index contributed by atoms with van der Waals surface area (Å²) < 4.78 is 0. The summed E-state index contributed by atoms with van der Waals surface area (Å²) >= 11 is 0. The number of hydrogen-bond donors (Lipinski definition) is 1. The minimum atomic E-state index is 0.241. The molecule has 1 N–H and O–H groups in total. The third-order valence-electron chi connectivity index (χ3n) is 3.41. The van der Waals surface area contributed by atoms with E-state index in [1.807, 2.05) is 11.8 Å². The standard InChI is InChI=1S/C12H25N3O/c1-4-11(3)14-6-8-15(9-7-14)12(16)10-13-5-2/h11,13H,4-10H2,1-3H3. The predicted octanol–water partition coefficient (Wildman–Crippen LogP) is 0.539. The minimum absolute atomic E-state index is 0.241. The van der Waals surface area contributed by atoms with Gasteiger partial charge in [0.2, 0.25) is 5.91 Å². The van der Waals surface area contributed by atoms with Gasteiger partial charge in [0.05, 0.1) is 6.54 Å². The minimum Gasteiger partial charge on any atom is -0.339 e. The van der Waals surface area contributed by atoms with Crippen molar-refractivity contribution < 1.29 is 4.79 Å². The topological polar surface area (TPSA) is 35.6 Å². The van der Waals surface area contributed by atoms with E-state index >= 15 is 0 Å². The first-order valence-electron chi connectivity index (χ1n) is 6.41. The first-order chi connectivity index (χ1) is 7.69. The molecule has 1 atom stereocenters.